The van der Waals surface area contributed by atoms with Gasteiger partial charge in [0.15, 0.2) is 0 Å². The first-order chi connectivity index (χ1) is 29.1. The highest BCUT2D eigenvalue weighted by Gasteiger charge is 2.26. The Morgan fingerprint density at radius 1 is 0.571 bits per heavy atom. The number of esters is 4. The number of ether oxygens (including phenoxy) is 4. The SMILES string of the molecule is CC(C)(C)OC(=O)CN(CC(=O)OC(C)(C)C)Cc1cccc(-c2csc(-c3cc(Cc4ccc([N+](=O)[O-])cc4)cc(CN(CC(=O)OC(C)(C)C)CC(=O)OC(C)(C)C)n3)n2)n1. The van der Waals surface area contributed by atoms with Crippen molar-refractivity contribution in [2.45, 2.75) is 125 Å². The van der Waals surface area contributed by atoms with Crippen LogP contribution in [0, 0.1) is 10.1 Å². The molecule has 0 aliphatic rings. The largest absolute Gasteiger partial charge is 0.459 e. The standard InChI is InChI=1S/C46H60N6O10S/c1-43(2,3)59-38(53)25-50(26-39(54)60-44(4,5)6)23-32-14-13-15-35(47-32)37-29-63-42(49-37)36-22-31(20-30-16-18-34(19-17-30)52(57)58)21-33(48-36)24-51(27-40(55)61-45(7,8)9)28-41(56)62-46(10,11)12/h13-19,21-22,29H,20,23-28H2,1-12H3. The maximum atomic E-state index is 13.1. The second kappa shape index (κ2) is 20.7. The number of thiazole rings is 1. The van der Waals surface area contributed by atoms with E-state index in [0.29, 0.717) is 39.9 Å². The van der Waals surface area contributed by atoms with Crippen molar-refractivity contribution in [1.82, 2.24) is 24.8 Å². The molecule has 0 N–H and O–H groups in total. The summed E-state index contributed by atoms with van der Waals surface area (Å²) in [5, 5.41) is 13.7. The molecule has 3 aromatic heterocycles. The van der Waals surface area contributed by atoms with Gasteiger partial charge in [-0.1, -0.05) is 18.2 Å². The zero-order chi connectivity index (χ0) is 46.9. The number of non-ortho nitro benzene ring substituents is 1. The predicted molar refractivity (Wildman–Crippen MR) is 238 cm³/mol. The summed E-state index contributed by atoms with van der Waals surface area (Å²) in [5.41, 5.74) is 1.41. The third-order valence-corrected chi connectivity index (χ3v) is 9.01. The number of carbonyl (C=O) groups excluding carboxylic acids is 4. The molecule has 340 valence electrons. The van der Waals surface area contributed by atoms with Crippen LogP contribution in [0.4, 0.5) is 5.69 Å². The molecule has 16 nitrogen and oxygen atoms in total. The highest BCUT2D eigenvalue weighted by molar-refractivity contribution is 7.13. The number of nitro groups is 1. The Morgan fingerprint density at radius 2 is 1.02 bits per heavy atom. The molecule has 0 atom stereocenters. The van der Waals surface area contributed by atoms with Gasteiger partial charge < -0.3 is 18.9 Å². The molecular weight excluding hydrogens is 829 g/mol. The third-order valence-electron chi connectivity index (χ3n) is 8.15. The summed E-state index contributed by atoms with van der Waals surface area (Å²) in [6, 6.07) is 15.5. The van der Waals surface area contributed by atoms with Crippen LogP contribution in [0.15, 0.2) is 60.0 Å². The number of nitrogens with zero attached hydrogens (tertiary/aromatic N) is 6. The molecule has 0 fully saturated rings. The molecule has 0 aliphatic heterocycles. The van der Waals surface area contributed by atoms with E-state index in [1.54, 1.807) is 111 Å². The molecule has 4 rings (SSSR count). The molecule has 0 amide bonds. The minimum Gasteiger partial charge on any atom is -0.459 e. The number of hydrogen-bond acceptors (Lipinski definition) is 16. The highest BCUT2D eigenvalue weighted by atomic mass is 32.1. The average Bonchev–Trinajstić information content (AvgIpc) is 3.59. The first-order valence-corrected chi connectivity index (χ1v) is 21.4. The fourth-order valence-corrected chi connectivity index (χ4v) is 6.93. The van der Waals surface area contributed by atoms with Gasteiger partial charge in [0.05, 0.1) is 53.9 Å². The van der Waals surface area contributed by atoms with E-state index in [1.165, 1.54) is 23.5 Å². The van der Waals surface area contributed by atoms with Crippen LogP contribution in [-0.4, -0.2) is 102 Å². The molecule has 0 saturated heterocycles. The number of hydrogen-bond donors (Lipinski definition) is 0. The lowest BCUT2D eigenvalue weighted by Crippen LogP contribution is -2.39. The predicted octanol–water partition coefficient (Wildman–Crippen LogP) is 7.74. The summed E-state index contributed by atoms with van der Waals surface area (Å²) in [5.74, 6) is -2.03. The van der Waals surface area contributed by atoms with E-state index in [9.17, 15) is 29.3 Å². The monoisotopic (exact) mass is 888 g/mol. The fourth-order valence-electron chi connectivity index (χ4n) is 6.15. The van der Waals surface area contributed by atoms with Crippen molar-refractivity contribution in [2.24, 2.45) is 0 Å². The minimum atomic E-state index is -0.749. The van der Waals surface area contributed by atoms with Gasteiger partial charge in [-0.3, -0.25) is 39.1 Å². The maximum absolute atomic E-state index is 13.1. The molecular formula is C46H60N6O10S. The number of carbonyl (C=O) groups is 4. The van der Waals surface area contributed by atoms with E-state index in [-0.39, 0.29) is 45.0 Å². The molecule has 0 aliphatic carbocycles. The van der Waals surface area contributed by atoms with Crippen LogP contribution in [0.5, 0.6) is 0 Å². The third kappa shape index (κ3) is 18.3. The Kier molecular flexibility index (Phi) is 16.4. The minimum absolute atomic E-state index is 0.0263. The van der Waals surface area contributed by atoms with E-state index < -0.39 is 51.2 Å². The molecule has 63 heavy (non-hydrogen) atoms. The molecule has 17 heteroatoms. The van der Waals surface area contributed by atoms with E-state index in [4.69, 9.17) is 33.9 Å². The summed E-state index contributed by atoms with van der Waals surface area (Å²) in [4.78, 5) is 80.7. The van der Waals surface area contributed by atoms with Crippen molar-refractivity contribution in [3.8, 4) is 22.1 Å². The normalized spacial score (nSPS) is 12.3. The lowest BCUT2D eigenvalue weighted by atomic mass is 10.0. The lowest BCUT2D eigenvalue weighted by Gasteiger charge is -2.26. The summed E-state index contributed by atoms with van der Waals surface area (Å²) in [6.45, 7) is 20.7. The van der Waals surface area contributed by atoms with E-state index in [2.05, 4.69) is 0 Å². The summed E-state index contributed by atoms with van der Waals surface area (Å²) < 4.78 is 22.3. The second-order valence-electron chi connectivity index (χ2n) is 19.1. The summed E-state index contributed by atoms with van der Waals surface area (Å²) in [6.07, 6.45) is 0.392. The maximum Gasteiger partial charge on any atom is 0.320 e. The molecule has 1 aromatic carbocycles. The lowest BCUT2D eigenvalue weighted by molar-refractivity contribution is -0.384. The molecule has 3 heterocycles. The number of rotatable bonds is 17. The molecule has 0 radical (unpaired) electrons. The van der Waals surface area contributed by atoms with Crippen LogP contribution in [-0.2, 0) is 57.6 Å². The van der Waals surface area contributed by atoms with Gasteiger partial charge in [-0.15, -0.1) is 11.3 Å². The van der Waals surface area contributed by atoms with Crippen LogP contribution in [0.2, 0.25) is 0 Å². The highest BCUT2D eigenvalue weighted by Crippen LogP contribution is 2.30. The number of nitro benzene ring substituents is 1. The second-order valence-corrected chi connectivity index (χ2v) is 20.0. The average molecular weight is 889 g/mol. The van der Waals surface area contributed by atoms with Crippen molar-refractivity contribution in [3.63, 3.8) is 0 Å². The van der Waals surface area contributed by atoms with Gasteiger partial charge in [-0.25, -0.2) is 15.0 Å². The van der Waals surface area contributed by atoms with Gasteiger partial charge in [0.1, 0.15) is 33.1 Å². The van der Waals surface area contributed by atoms with Crippen LogP contribution < -0.4 is 0 Å². The Labute approximate surface area is 373 Å². The number of aromatic nitrogens is 3. The van der Waals surface area contributed by atoms with Crippen molar-refractivity contribution < 1.29 is 43.0 Å². The van der Waals surface area contributed by atoms with Crippen LogP contribution >= 0.6 is 11.3 Å². The van der Waals surface area contributed by atoms with Gasteiger partial charge in [0.25, 0.3) is 5.69 Å². The number of pyridine rings is 2. The molecule has 0 spiro atoms. The zero-order valence-corrected chi connectivity index (χ0v) is 39.2. The Balaban J connectivity index is 1.69. The van der Waals surface area contributed by atoms with Crippen LogP contribution in [0.3, 0.4) is 0 Å². The smallest absolute Gasteiger partial charge is 0.320 e. The summed E-state index contributed by atoms with van der Waals surface area (Å²) >= 11 is 1.34. The number of benzene rings is 1. The molecule has 0 saturated carbocycles. The van der Waals surface area contributed by atoms with Gasteiger partial charge in [-0.05, 0) is 125 Å². The summed E-state index contributed by atoms with van der Waals surface area (Å²) in [7, 11) is 0. The first kappa shape index (κ1) is 50.0. The van der Waals surface area contributed by atoms with Gasteiger partial charge in [-0.2, -0.15) is 0 Å². The van der Waals surface area contributed by atoms with Gasteiger partial charge in [0.2, 0.25) is 0 Å². The Morgan fingerprint density at radius 3 is 1.46 bits per heavy atom. The van der Waals surface area contributed by atoms with Crippen LogP contribution in [0.1, 0.15) is 106 Å². The van der Waals surface area contributed by atoms with E-state index >= 15 is 0 Å². The topological polar surface area (TPSA) is 193 Å². The molecule has 4 aromatic rings. The fraction of sp³-hybridized carbons (Fsp3) is 0.500. The quantitative estimate of drug-likeness (QED) is 0.0432. The van der Waals surface area contributed by atoms with E-state index in [1.807, 2.05) is 29.6 Å². The molecule has 0 unspecified atom stereocenters. The van der Waals surface area contributed by atoms with Gasteiger partial charge >= 0.3 is 23.9 Å². The van der Waals surface area contributed by atoms with Crippen molar-refractivity contribution in [1.29, 1.82) is 0 Å². The van der Waals surface area contributed by atoms with Crippen LogP contribution in [0.25, 0.3) is 22.1 Å². The molecule has 0 bridgehead atoms. The first-order valence-electron chi connectivity index (χ1n) is 20.6. The van der Waals surface area contributed by atoms with Gasteiger partial charge in [0, 0.05) is 30.6 Å². The van der Waals surface area contributed by atoms with E-state index in [0.717, 1.165) is 11.1 Å². The van der Waals surface area contributed by atoms with Crippen molar-refractivity contribution in [3.05, 3.63) is 92.6 Å². The zero-order valence-electron chi connectivity index (χ0n) is 38.4. The van der Waals surface area contributed by atoms with Crippen molar-refractivity contribution >= 4 is 40.9 Å². The Hall–Kier alpha value is -5.65. The Bertz CT molecular complexity index is 2190. The van der Waals surface area contributed by atoms with Crippen molar-refractivity contribution in [2.75, 3.05) is 26.2 Å².